The van der Waals surface area contributed by atoms with Gasteiger partial charge in [0.1, 0.15) is 11.4 Å². The molecule has 148 valence electrons. The maximum absolute atomic E-state index is 12.0. The summed E-state index contributed by atoms with van der Waals surface area (Å²) >= 11 is 0. The van der Waals surface area contributed by atoms with E-state index in [1.54, 1.807) is 57.4 Å². The number of amides is 1. The van der Waals surface area contributed by atoms with Gasteiger partial charge >= 0.3 is 6.09 Å². The van der Waals surface area contributed by atoms with E-state index in [1.165, 1.54) is 7.11 Å². The Hall–Kier alpha value is -3.49. The van der Waals surface area contributed by atoms with Gasteiger partial charge in [0.2, 0.25) is 11.7 Å². The Bertz CT molecular complexity index is 928. The summed E-state index contributed by atoms with van der Waals surface area (Å²) in [6, 6.07) is 8.76. The van der Waals surface area contributed by atoms with Gasteiger partial charge in [-0.3, -0.25) is 5.32 Å². The number of carbonyl (C=O) groups excluding carboxylic acids is 1. The van der Waals surface area contributed by atoms with Gasteiger partial charge in [-0.15, -0.1) is 0 Å². The highest BCUT2D eigenvalue weighted by molar-refractivity contribution is 5.87. The summed E-state index contributed by atoms with van der Waals surface area (Å²) in [4.78, 5) is 16.2. The molecular formula is C19H22N4O5. The molecule has 0 aliphatic carbocycles. The molecule has 0 aliphatic heterocycles. The molecule has 2 N–H and O–H groups in total. The number of hydrogen-bond acceptors (Lipinski definition) is 8. The van der Waals surface area contributed by atoms with Crippen molar-refractivity contribution in [1.29, 1.82) is 0 Å². The first-order chi connectivity index (χ1) is 13.3. The molecule has 0 fully saturated rings. The Morgan fingerprint density at radius 3 is 2.75 bits per heavy atom. The van der Waals surface area contributed by atoms with E-state index >= 15 is 0 Å². The number of nitrogens with one attached hydrogen (secondary N) is 2. The predicted octanol–water partition coefficient (Wildman–Crippen LogP) is 4.30. The van der Waals surface area contributed by atoms with Crippen molar-refractivity contribution in [2.75, 3.05) is 17.7 Å². The number of ether oxygens (including phenoxy) is 2. The number of methoxy groups -OCH3 is 1. The number of benzene rings is 1. The lowest BCUT2D eigenvalue weighted by molar-refractivity contribution is 0.0635. The van der Waals surface area contributed by atoms with Gasteiger partial charge in [-0.1, -0.05) is 5.16 Å². The van der Waals surface area contributed by atoms with Gasteiger partial charge in [-0.25, -0.2) is 4.79 Å². The van der Waals surface area contributed by atoms with E-state index < -0.39 is 11.7 Å². The lowest BCUT2D eigenvalue weighted by Gasteiger charge is -2.20. The molecule has 9 heteroatoms. The minimum atomic E-state index is -0.586. The van der Waals surface area contributed by atoms with Crippen molar-refractivity contribution >= 4 is 17.5 Å². The summed E-state index contributed by atoms with van der Waals surface area (Å²) in [6.07, 6.45) is 0.991. The summed E-state index contributed by atoms with van der Waals surface area (Å²) in [5, 5.41) is 9.71. The number of anilines is 2. The van der Waals surface area contributed by atoms with Crippen LogP contribution in [-0.2, 0) is 11.3 Å². The first-order valence-electron chi connectivity index (χ1n) is 8.62. The zero-order valence-electron chi connectivity index (χ0n) is 16.1. The van der Waals surface area contributed by atoms with Crippen molar-refractivity contribution < 1.29 is 23.2 Å². The topological polar surface area (TPSA) is 112 Å². The van der Waals surface area contributed by atoms with Crippen LogP contribution in [0.2, 0.25) is 0 Å². The highest BCUT2D eigenvalue weighted by atomic mass is 16.6. The second kappa shape index (κ2) is 8.03. The van der Waals surface area contributed by atoms with Gasteiger partial charge in [-0.2, -0.15) is 4.98 Å². The van der Waals surface area contributed by atoms with Crippen molar-refractivity contribution in [2.45, 2.75) is 32.9 Å². The highest BCUT2D eigenvalue weighted by Crippen LogP contribution is 2.29. The monoisotopic (exact) mass is 386 g/mol. The van der Waals surface area contributed by atoms with Gasteiger partial charge < -0.3 is 23.7 Å². The summed E-state index contributed by atoms with van der Waals surface area (Å²) in [7, 11) is 1.52. The van der Waals surface area contributed by atoms with Crippen LogP contribution in [0.3, 0.4) is 0 Å². The van der Waals surface area contributed by atoms with Gasteiger partial charge in [0.15, 0.2) is 5.76 Å². The lowest BCUT2D eigenvalue weighted by atomic mass is 10.2. The SMILES string of the molecule is COc1cc(NCc2nc(-c3ccco3)no2)ccc1NC(=O)OC(C)(C)C. The van der Waals surface area contributed by atoms with E-state index in [0.29, 0.717) is 35.5 Å². The molecule has 1 amide bonds. The van der Waals surface area contributed by atoms with E-state index in [2.05, 4.69) is 20.8 Å². The Morgan fingerprint density at radius 1 is 1.25 bits per heavy atom. The molecule has 3 aromatic rings. The highest BCUT2D eigenvalue weighted by Gasteiger charge is 2.18. The van der Waals surface area contributed by atoms with E-state index in [9.17, 15) is 4.79 Å². The minimum absolute atomic E-state index is 0.315. The van der Waals surface area contributed by atoms with Crippen molar-refractivity contribution in [3.05, 3.63) is 42.5 Å². The molecule has 2 aromatic heterocycles. The van der Waals surface area contributed by atoms with E-state index in [0.717, 1.165) is 5.69 Å². The fraction of sp³-hybridized carbons (Fsp3) is 0.316. The third-order valence-electron chi connectivity index (χ3n) is 3.49. The molecule has 0 saturated heterocycles. The Labute approximate surface area is 162 Å². The van der Waals surface area contributed by atoms with Crippen LogP contribution in [0.5, 0.6) is 5.75 Å². The molecule has 0 bridgehead atoms. The molecule has 2 heterocycles. The summed E-state index contributed by atoms with van der Waals surface area (Å²) in [5.74, 6) is 1.81. The average molecular weight is 386 g/mol. The number of carbonyl (C=O) groups is 1. The van der Waals surface area contributed by atoms with Crippen LogP contribution in [0.1, 0.15) is 26.7 Å². The largest absolute Gasteiger partial charge is 0.494 e. The van der Waals surface area contributed by atoms with E-state index in [4.69, 9.17) is 18.4 Å². The van der Waals surface area contributed by atoms with Crippen molar-refractivity contribution in [3.8, 4) is 17.3 Å². The summed E-state index contributed by atoms with van der Waals surface area (Å²) < 4.78 is 21.0. The first kappa shape index (κ1) is 19.3. The molecule has 0 atom stereocenters. The molecule has 9 nitrogen and oxygen atoms in total. The maximum Gasteiger partial charge on any atom is 0.412 e. The lowest BCUT2D eigenvalue weighted by Crippen LogP contribution is -2.27. The van der Waals surface area contributed by atoms with Gasteiger partial charge in [0.25, 0.3) is 0 Å². The molecule has 1 aromatic carbocycles. The number of rotatable bonds is 6. The molecule has 28 heavy (non-hydrogen) atoms. The second-order valence-electron chi connectivity index (χ2n) is 6.88. The van der Waals surface area contributed by atoms with Crippen LogP contribution in [0.15, 0.2) is 45.5 Å². The predicted molar refractivity (Wildman–Crippen MR) is 102 cm³/mol. The Morgan fingerprint density at radius 2 is 2.07 bits per heavy atom. The Balaban J connectivity index is 1.63. The summed E-state index contributed by atoms with van der Waals surface area (Å²) in [5.41, 5.74) is 0.668. The Kier molecular flexibility index (Phi) is 5.53. The molecule has 0 aliphatic rings. The average Bonchev–Trinajstić information content (AvgIpc) is 3.30. The molecule has 3 rings (SSSR count). The van der Waals surface area contributed by atoms with Crippen LogP contribution < -0.4 is 15.4 Å². The van der Waals surface area contributed by atoms with Crippen LogP contribution in [0.4, 0.5) is 16.2 Å². The van der Waals surface area contributed by atoms with Crippen LogP contribution in [-0.4, -0.2) is 28.9 Å². The van der Waals surface area contributed by atoms with Gasteiger partial charge in [0.05, 0.1) is 25.6 Å². The number of nitrogens with zero attached hydrogens (tertiary/aromatic N) is 2. The summed E-state index contributed by atoms with van der Waals surface area (Å²) in [6.45, 7) is 5.71. The first-order valence-corrected chi connectivity index (χ1v) is 8.62. The fourth-order valence-electron chi connectivity index (χ4n) is 2.33. The molecule has 0 saturated carbocycles. The minimum Gasteiger partial charge on any atom is -0.494 e. The fourth-order valence-corrected chi connectivity index (χ4v) is 2.33. The van der Waals surface area contributed by atoms with E-state index in [-0.39, 0.29) is 0 Å². The van der Waals surface area contributed by atoms with Crippen molar-refractivity contribution in [3.63, 3.8) is 0 Å². The maximum atomic E-state index is 12.0. The van der Waals surface area contributed by atoms with Gasteiger partial charge in [0, 0.05) is 11.8 Å². The number of aromatic nitrogens is 2. The standard InChI is InChI=1S/C19H22N4O5/c1-19(2,3)27-18(24)21-13-8-7-12(10-15(13)25-4)20-11-16-22-17(23-28-16)14-6-5-9-26-14/h5-10,20H,11H2,1-4H3,(H,21,24). The number of hydrogen-bond donors (Lipinski definition) is 2. The van der Waals surface area contributed by atoms with Crippen LogP contribution in [0, 0.1) is 0 Å². The molecule has 0 unspecified atom stereocenters. The quantitative estimate of drug-likeness (QED) is 0.645. The van der Waals surface area contributed by atoms with Crippen molar-refractivity contribution in [2.24, 2.45) is 0 Å². The van der Waals surface area contributed by atoms with Crippen molar-refractivity contribution in [1.82, 2.24) is 10.1 Å². The molecule has 0 spiro atoms. The smallest absolute Gasteiger partial charge is 0.412 e. The normalized spacial score (nSPS) is 11.1. The van der Waals surface area contributed by atoms with Gasteiger partial charge in [-0.05, 0) is 45.0 Å². The number of furan rings is 1. The zero-order chi connectivity index (χ0) is 20.1. The third kappa shape index (κ3) is 5.03. The third-order valence-corrected chi connectivity index (χ3v) is 3.49. The zero-order valence-corrected chi connectivity index (χ0v) is 16.1. The van der Waals surface area contributed by atoms with Crippen LogP contribution >= 0.6 is 0 Å². The second-order valence-corrected chi connectivity index (χ2v) is 6.88. The molecular weight excluding hydrogens is 364 g/mol. The molecule has 0 radical (unpaired) electrons. The van der Waals surface area contributed by atoms with E-state index in [1.807, 2.05) is 0 Å². The van der Waals surface area contributed by atoms with Crippen LogP contribution in [0.25, 0.3) is 11.6 Å².